The summed E-state index contributed by atoms with van der Waals surface area (Å²) in [5, 5.41) is 5.58. The Bertz CT molecular complexity index is 1130. The molecule has 2 aromatic heterocycles. The Balaban J connectivity index is 1.91. The van der Waals surface area contributed by atoms with Crippen molar-refractivity contribution >= 4 is 67.9 Å². The zero-order valence-corrected chi connectivity index (χ0v) is 17.6. The van der Waals surface area contributed by atoms with Crippen LogP contribution in [0.3, 0.4) is 0 Å². The van der Waals surface area contributed by atoms with E-state index >= 15 is 0 Å². The maximum Gasteiger partial charge on any atom is 0.143 e. The molecule has 0 aliphatic rings. The molecule has 27 heavy (non-hydrogen) atoms. The van der Waals surface area contributed by atoms with E-state index in [1.54, 1.807) is 23.5 Å². The van der Waals surface area contributed by atoms with Gasteiger partial charge in [-0.2, -0.15) is 0 Å². The van der Waals surface area contributed by atoms with Crippen LogP contribution in [0.25, 0.3) is 21.3 Å². The van der Waals surface area contributed by atoms with Crippen molar-refractivity contribution in [2.45, 2.75) is 13.8 Å². The Hall–Kier alpha value is -1.85. The zero-order valence-electron chi connectivity index (χ0n) is 14.5. The van der Waals surface area contributed by atoms with Gasteiger partial charge in [0.2, 0.25) is 0 Å². The SMILES string of the molecule is Cc1ccc(-c2c(C)sc3ncnc(Nc4c(Cl)cc(Cl)cc4Cl)c23)cc1. The fourth-order valence-electron chi connectivity index (χ4n) is 2.99. The van der Waals surface area contributed by atoms with Crippen LogP contribution in [-0.2, 0) is 0 Å². The van der Waals surface area contributed by atoms with Crippen molar-refractivity contribution in [3.63, 3.8) is 0 Å². The molecule has 1 N–H and O–H groups in total. The van der Waals surface area contributed by atoms with Gasteiger partial charge < -0.3 is 5.32 Å². The van der Waals surface area contributed by atoms with Crippen LogP contribution in [0.5, 0.6) is 0 Å². The van der Waals surface area contributed by atoms with E-state index in [4.69, 9.17) is 34.8 Å². The topological polar surface area (TPSA) is 37.8 Å². The molecule has 0 aliphatic carbocycles. The van der Waals surface area contributed by atoms with Crippen LogP contribution in [0.4, 0.5) is 11.5 Å². The number of aromatic nitrogens is 2. The van der Waals surface area contributed by atoms with Crippen LogP contribution < -0.4 is 5.32 Å². The first-order valence-corrected chi connectivity index (χ1v) is 10.1. The molecule has 0 spiro atoms. The van der Waals surface area contributed by atoms with Crippen LogP contribution in [0.1, 0.15) is 10.4 Å². The van der Waals surface area contributed by atoms with Crippen molar-refractivity contribution in [2.75, 3.05) is 5.32 Å². The first-order valence-electron chi connectivity index (χ1n) is 8.16. The highest BCUT2D eigenvalue weighted by Gasteiger charge is 2.18. The summed E-state index contributed by atoms with van der Waals surface area (Å²) in [7, 11) is 0. The molecule has 4 aromatic rings. The van der Waals surface area contributed by atoms with Crippen molar-refractivity contribution < 1.29 is 0 Å². The highest BCUT2D eigenvalue weighted by Crippen LogP contribution is 2.43. The number of thiophene rings is 1. The number of benzene rings is 2. The predicted molar refractivity (Wildman–Crippen MR) is 117 cm³/mol. The summed E-state index contributed by atoms with van der Waals surface area (Å²) in [5.74, 6) is 0.658. The Morgan fingerprint density at radius 2 is 1.59 bits per heavy atom. The highest BCUT2D eigenvalue weighted by molar-refractivity contribution is 7.19. The smallest absolute Gasteiger partial charge is 0.143 e. The maximum absolute atomic E-state index is 6.34. The van der Waals surface area contributed by atoms with Crippen LogP contribution in [0, 0.1) is 13.8 Å². The van der Waals surface area contributed by atoms with Gasteiger partial charge in [0.25, 0.3) is 0 Å². The van der Waals surface area contributed by atoms with Crippen molar-refractivity contribution in [1.29, 1.82) is 0 Å². The number of aryl methyl sites for hydroxylation is 2. The minimum atomic E-state index is 0.433. The summed E-state index contributed by atoms with van der Waals surface area (Å²) >= 11 is 20.3. The van der Waals surface area contributed by atoms with Crippen LogP contribution in [0.15, 0.2) is 42.7 Å². The van der Waals surface area contributed by atoms with Crippen molar-refractivity contribution in [1.82, 2.24) is 9.97 Å². The van der Waals surface area contributed by atoms with Crippen molar-refractivity contribution in [2.24, 2.45) is 0 Å². The van der Waals surface area contributed by atoms with Gasteiger partial charge in [-0.05, 0) is 31.5 Å². The number of nitrogens with zero attached hydrogens (tertiary/aromatic N) is 2. The lowest BCUT2D eigenvalue weighted by molar-refractivity contribution is 1.23. The fraction of sp³-hybridized carbons (Fsp3) is 0.100. The molecule has 3 nitrogen and oxygen atoms in total. The average Bonchev–Trinajstić information content (AvgIpc) is 2.95. The highest BCUT2D eigenvalue weighted by atomic mass is 35.5. The predicted octanol–water partition coefficient (Wildman–Crippen LogP) is 7.68. The number of halogens is 3. The number of anilines is 2. The van der Waals surface area contributed by atoms with Crippen LogP contribution in [0.2, 0.25) is 15.1 Å². The van der Waals surface area contributed by atoms with E-state index in [9.17, 15) is 0 Å². The lowest BCUT2D eigenvalue weighted by Gasteiger charge is -2.12. The second-order valence-electron chi connectivity index (χ2n) is 6.17. The van der Waals surface area contributed by atoms with E-state index in [1.807, 2.05) is 0 Å². The van der Waals surface area contributed by atoms with Crippen molar-refractivity contribution in [3.8, 4) is 11.1 Å². The number of nitrogens with one attached hydrogen (secondary N) is 1. The lowest BCUT2D eigenvalue weighted by atomic mass is 10.0. The Kier molecular flexibility index (Phi) is 4.99. The van der Waals surface area contributed by atoms with Gasteiger partial charge in [-0.15, -0.1) is 11.3 Å². The summed E-state index contributed by atoms with van der Waals surface area (Å²) in [5.41, 5.74) is 4.02. The average molecular weight is 435 g/mol. The summed E-state index contributed by atoms with van der Waals surface area (Å²) in [4.78, 5) is 11.0. The number of hydrogen-bond donors (Lipinski definition) is 1. The van der Waals surface area contributed by atoms with E-state index < -0.39 is 0 Å². The Morgan fingerprint density at radius 3 is 2.26 bits per heavy atom. The van der Waals surface area contributed by atoms with Crippen LogP contribution >= 0.6 is 46.1 Å². The van der Waals surface area contributed by atoms with Gasteiger partial charge in [0.15, 0.2) is 0 Å². The summed E-state index contributed by atoms with van der Waals surface area (Å²) < 4.78 is 0. The third-order valence-electron chi connectivity index (χ3n) is 4.25. The molecule has 0 bridgehead atoms. The molecule has 7 heteroatoms. The zero-order chi connectivity index (χ0) is 19.1. The Morgan fingerprint density at radius 1 is 0.926 bits per heavy atom. The molecule has 0 saturated heterocycles. The van der Waals surface area contributed by atoms with Gasteiger partial charge in [-0.25, -0.2) is 9.97 Å². The standard InChI is InChI=1S/C20H14Cl3N3S/c1-10-3-5-12(6-4-10)16-11(2)27-20-17(16)19(24-9-25-20)26-18-14(22)7-13(21)8-15(18)23/h3-9H,1-2H3,(H,24,25,26). The molecule has 0 fully saturated rings. The fourth-order valence-corrected chi connectivity index (χ4v) is 4.91. The van der Waals surface area contributed by atoms with Crippen molar-refractivity contribution in [3.05, 3.63) is 68.2 Å². The second kappa shape index (κ2) is 7.28. The largest absolute Gasteiger partial charge is 0.337 e. The molecule has 0 atom stereocenters. The van der Waals surface area contributed by atoms with Gasteiger partial charge in [0.1, 0.15) is 17.0 Å². The van der Waals surface area contributed by atoms with Gasteiger partial charge in [0.05, 0.1) is 21.1 Å². The number of rotatable bonds is 3. The number of fused-ring (bicyclic) bond motifs is 1. The Labute approximate surface area is 175 Å². The molecule has 0 aliphatic heterocycles. The van der Waals surface area contributed by atoms with E-state index in [2.05, 4.69) is 53.4 Å². The second-order valence-corrected chi connectivity index (χ2v) is 8.63. The summed E-state index contributed by atoms with van der Waals surface area (Å²) in [6.07, 6.45) is 1.54. The molecule has 136 valence electrons. The monoisotopic (exact) mass is 433 g/mol. The molecule has 2 aromatic carbocycles. The molecule has 4 rings (SSSR count). The van der Waals surface area contributed by atoms with E-state index in [0.717, 1.165) is 21.3 Å². The minimum Gasteiger partial charge on any atom is -0.337 e. The molecular formula is C20H14Cl3N3S. The van der Waals surface area contributed by atoms with Crippen LogP contribution in [-0.4, -0.2) is 9.97 Å². The quantitative estimate of drug-likeness (QED) is 0.359. The molecule has 0 saturated carbocycles. The van der Waals surface area contributed by atoms with Gasteiger partial charge in [-0.3, -0.25) is 0 Å². The first-order chi connectivity index (χ1) is 12.9. The molecule has 2 heterocycles. The van der Waals surface area contributed by atoms with E-state index in [-0.39, 0.29) is 0 Å². The molecule has 0 unspecified atom stereocenters. The molecular weight excluding hydrogens is 421 g/mol. The molecule has 0 amide bonds. The number of hydrogen-bond acceptors (Lipinski definition) is 4. The third-order valence-corrected chi connectivity index (χ3v) is 6.08. The summed E-state index contributed by atoms with van der Waals surface area (Å²) in [6, 6.07) is 11.7. The van der Waals surface area contributed by atoms with E-state index in [1.165, 1.54) is 16.8 Å². The maximum atomic E-state index is 6.34. The minimum absolute atomic E-state index is 0.433. The molecule has 0 radical (unpaired) electrons. The van der Waals surface area contributed by atoms with Gasteiger partial charge >= 0.3 is 0 Å². The first kappa shape index (κ1) is 18.5. The lowest BCUT2D eigenvalue weighted by Crippen LogP contribution is -1.97. The third kappa shape index (κ3) is 3.50. The normalized spacial score (nSPS) is 11.1. The van der Waals surface area contributed by atoms with E-state index in [0.29, 0.717) is 26.6 Å². The van der Waals surface area contributed by atoms with Gasteiger partial charge in [-0.1, -0.05) is 64.6 Å². The van der Waals surface area contributed by atoms with Gasteiger partial charge in [0, 0.05) is 15.5 Å². The summed E-state index contributed by atoms with van der Waals surface area (Å²) in [6.45, 7) is 4.16.